The summed E-state index contributed by atoms with van der Waals surface area (Å²) >= 11 is 0. The summed E-state index contributed by atoms with van der Waals surface area (Å²) in [6.07, 6.45) is 1.88. The molecule has 1 spiro atoms. The van der Waals surface area contributed by atoms with Crippen molar-refractivity contribution >= 4 is 5.78 Å². The summed E-state index contributed by atoms with van der Waals surface area (Å²) in [4.78, 5) is 11.9. The molecule has 2 aliphatic rings. The van der Waals surface area contributed by atoms with Crippen LogP contribution < -0.4 is 0 Å². The molecule has 16 heavy (non-hydrogen) atoms. The van der Waals surface area contributed by atoms with Gasteiger partial charge in [0, 0.05) is 5.41 Å². The number of aliphatic hydroxyl groups is 1. The van der Waals surface area contributed by atoms with Crippen molar-refractivity contribution in [1.82, 2.24) is 0 Å². The molecule has 0 aromatic rings. The maximum Gasteiger partial charge on any atom is 0.178 e. The van der Waals surface area contributed by atoms with Gasteiger partial charge in [-0.25, -0.2) is 0 Å². The first-order chi connectivity index (χ1) is 7.41. The highest BCUT2D eigenvalue weighted by Crippen LogP contribution is 2.44. The quantitative estimate of drug-likeness (QED) is 0.661. The average Bonchev–Trinajstić information content (AvgIpc) is 2.54. The minimum absolute atomic E-state index is 0.109. The number of ether oxygens (including phenoxy) is 1. The molecule has 0 radical (unpaired) electrons. The highest BCUT2D eigenvalue weighted by molar-refractivity contribution is 6.04. The first-order valence-corrected chi connectivity index (χ1v) is 5.41. The second-order valence-corrected chi connectivity index (χ2v) is 5.17. The monoisotopic (exact) mass is 221 g/mol. The van der Waals surface area contributed by atoms with E-state index in [1.807, 2.05) is 6.07 Å². The van der Waals surface area contributed by atoms with E-state index in [0.717, 1.165) is 0 Å². The molecule has 1 aliphatic carbocycles. The first kappa shape index (κ1) is 11.3. The summed E-state index contributed by atoms with van der Waals surface area (Å²) in [6.45, 7) is 4.05. The number of allylic oxidation sites excluding steroid dienone is 1. The molecule has 0 amide bonds. The Kier molecular flexibility index (Phi) is 2.41. The summed E-state index contributed by atoms with van der Waals surface area (Å²) < 4.78 is 5.58. The highest BCUT2D eigenvalue weighted by atomic mass is 16.5. The van der Waals surface area contributed by atoms with Gasteiger partial charge in [-0.15, -0.1) is 0 Å². The van der Waals surface area contributed by atoms with E-state index in [0.29, 0.717) is 19.4 Å². The molecule has 0 saturated carbocycles. The van der Waals surface area contributed by atoms with Crippen LogP contribution in [0, 0.1) is 16.7 Å². The lowest BCUT2D eigenvalue weighted by Gasteiger charge is -2.39. The number of hydrogen-bond acceptors (Lipinski definition) is 4. The highest BCUT2D eigenvalue weighted by Gasteiger charge is 2.51. The molecule has 4 nitrogen and oxygen atoms in total. The molecule has 0 bridgehead atoms. The van der Waals surface area contributed by atoms with E-state index in [-0.39, 0.29) is 11.4 Å². The fourth-order valence-corrected chi connectivity index (χ4v) is 2.59. The van der Waals surface area contributed by atoms with Crippen LogP contribution >= 0.6 is 0 Å². The van der Waals surface area contributed by atoms with Crippen LogP contribution in [0.25, 0.3) is 0 Å². The first-order valence-electron chi connectivity index (χ1n) is 5.41. The van der Waals surface area contributed by atoms with Crippen molar-refractivity contribution in [3.63, 3.8) is 0 Å². The normalized spacial score (nSPS) is 37.2. The predicted molar refractivity (Wildman–Crippen MR) is 56.4 cm³/mol. The van der Waals surface area contributed by atoms with Gasteiger partial charge in [0.05, 0.1) is 18.3 Å². The van der Waals surface area contributed by atoms with E-state index in [1.165, 1.54) is 6.08 Å². The second-order valence-electron chi connectivity index (χ2n) is 5.17. The number of ketones is 1. The van der Waals surface area contributed by atoms with Gasteiger partial charge >= 0.3 is 0 Å². The van der Waals surface area contributed by atoms with E-state index < -0.39 is 17.1 Å². The zero-order valence-corrected chi connectivity index (χ0v) is 9.49. The number of carbonyl (C=O) groups is 1. The Morgan fingerprint density at radius 2 is 2.31 bits per heavy atom. The molecule has 86 valence electrons. The molecule has 1 N–H and O–H groups in total. The topological polar surface area (TPSA) is 70.3 Å². The summed E-state index contributed by atoms with van der Waals surface area (Å²) in [5.74, 6) is -0.164. The van der Waals surface area contributed by atoms with E-state index in [9.17, 15) is 9.90 Å². The summed E-state index contributed by atoms with van der Waals surface area (Å²) in [5, 5.41) is 18.9. The van der Waals surface area contributed by atoms with E-state index in [4.69, 9.17) is 10.00 Å². The summed E-state index contributed by atoms with van der Waals surface area (Å²) in [6, 6.07) is 1.90. The van der Waals surface area contributed by atoms with Crippen LogP contribution in [0.2, 0.25) is 0 Å². The molecule has 1 saturated heterocycles. The zero-order valence-electron chi connectivity index (χ0n) is 9.49. The van der Waals surface area contributed by atoms with Crippen LogP contribution in [0.5, 0.6) is 0 Å². The van der Waals surface area contributed by atoms with Crippen LogP contribution in [0.15, 0.2) is 11.6 Å². The van der Waals surface area contributed by atoms with Crippen LogP contribution in [0.4, 0.5) is 0 Å². The van der Waals surface area contributed by atoms with Gasteiger partial charge in [-0.2, -0.15) is 5.26 Å². The third-order valence-corrected chi connectivity index (χ3v) is 3.41. The number of nitrogens with zero attached hydrogens (tertiary/aromatic N) is 1. The van der Waals surface area contributed by atoms with Gasteiger partial charge in [-0.1, -0.05) is 13.8 Å². The van der Waals surface area contributed by atoms with Gasteiger partial charge in [-0.05, 0) is 18.9 Å². The fourth-order valence-electron chi connectivity index (χ4n) is 2.59. The Labute approximate surface area is 94.5 Å². The lowest BCUT2D eigenvalue weighted by atomic mass is 9.68. The predicted octanol–water partition coefficient (Wildman–Crippen LogP) is 0.955. The van der Waals surface area contributed by atoms with E-state index in [2.05, 4.69) is 0 Å². The fraction of sp³-hybridized carbons (Fsp3) is 0.667. The zero-order chi connectivity index (χ0) is 12.0. The van der Waals surface area contributed by atoms with Crippen LogP contribution in [-0.2, 0) is 9.53 Å². The Balaban J connectivity index is 2.48. The number of Topliss-reactive ketones (excluding diaryl/α,β-unsaturated/α-hetero) is 1. The summed E-state index contributed by atoms with van der Waals surface area (Å²) in [5.41, 5.74) is -1.37. The van der Waals surface area contributed by atoms with Gasteiger partial charge in [0.2, 0.25) is 0 Å². The van der Waals surface area contributed by atoms with E-state index in [1.54, 1.807) is 13.8 Å². The molecule has 2 atom stereocenters. The molecule has 4 heteroatoms. The van der Waals surface area contributed by atoms with Crippen molar-refractivity contribution < 1.29 is 14.6 Å². The average molecular weight is 221 g/mol. The molecule has 2 unspecified atom stereocenters. The van der Waals surface area contributed by atoms with Crippen LogP contribution in [0.3, 0.4) is 0 Å². The molecule has 1 aliphatic heterocycles. The molecule has 2 rings (SSSR count). The number of carbonyl (C=O) groups excluding carboxylic acids is 1. The smallest absolute Gasteiger partial charge is 0.178 e. The SMILES string of the molecule is CC1(C)CC2(C=C(C#N)C1=O)OCCC2O. The molecule has 0 aromatic carbocycles. The van der Waals surface area contributed by atoms with Crippen molar-refractivity contribution in [1.29, 1.82) is 5.26 Å². The van der Waals surface area contributed by atoms with Crippen molar-refractivity contribution in [2.24, 2.45) is 5.41 Å². The molecule has 1 heterocycles. The minimum atomic E-state index is -0.831. The maximum atomic E-state index is 11.9. The number of nitriles is 1. The third-order valence-electron chi connectivity index (χ3n) is 3.41. The Morgan fingerprint density at radius 1 is 1.62 bits per heavy atom. The van der Waals surface area contributed by atoms with Gasteiger partial charge in [0.1, 0.15) is 11.7 Å². The van der Waals surface area contributed by atoms with Crippen molar-refractivity contribution in [3.8, 4) is 6.07 Å². The molecular weight excluding hydrogens is 206 g/mol. The second kappa shape index (κ2) is 3.41. The van der Waals surface area contributed by atoms with Gasteiger partial charge in [-0.3, -0.25) is 4.79 Å². The lowest BCUT2D eigenvalue weighted by molar-refractivity contribution is -0.130. The Bertz CT molecular complexity index is 405. The number of hydrogen-bond donors (Lipinski definition) is 1. The van der Waals surface area contributed by atoms with Crippen molar-refractivity contribution in [2.75, 3.05) is 6.61 Å². The van der Waals surface area contributed by atoms with Gasteiger partial charge < -0.3 is 9.84 Å². The molecule has 0 aromatic heterocycles. The third kappa shape index (κ3) is 1.48. The summed E-state index contributed by atoms with van der Waals surface area (Å²) in [7, 11) is 0. The van der Waals surface area contributed by atoms with Gasteiger partial charge in [0.25, 0.3) is 0 Å². The Hall–Kier alpha value is -1.18. The molecule has 1 fully saturated rings. The van der Waals surface area contributed by atoms with Crippen LogP contribution in [-0.4, -0.2) is 29.2 Å². The van der Waals surface area contributed by atoms with Gasteiger partial charge in [0.15, 0.2) is 5.78 Å². The van der Waals surface area contributed by atoms with Crippen molar-refractivity contribution in [3.05, 3.63) is 11.6 Å². The van der Waals surface area contributed by atoms with Crippen LogP contribution in [0.1, 0.15) is 26.7 Å². The lowest BCUT2D eigenvalue weighted by Crippen LogP contribution is -2.48. The van der Waals surface area contributed by atoms with Crippen molar-refractivity contribution in [2.45, 2.75) is 38.4 Å². The molecular formula is C12H15NO3. The standard InChI is InChI=1S/C12H15NO3/c1-11(2)7-12(9(14)3-4-16-12)5-8(6-13)10(11)15/h5,9,14H,3-4,7H2,1-2H3. The number of aliphatic hydroxyl groups excluding tert-OH is 1. The number of rotatable bonds is 0. The minimum Gasteiger partial charge on any atom is -0.390 e. The Morgan fingerprint density at radius 3 is 2.81 bits per heavy atom. The maximum absolute atomic E-state index is 11.9. The van der Waals surface area contributed by atoms with E-state index >= 15 is 0 Å². The largest absolute Gasteiger partial charge is 0.390 e.